The molecule has 6 nitrogen and oxygen atoms in total. The molecule has 1 aromatic rings. The fraction of sp³-hybridized carbons (Fsp3) is 0.667. The summed E-state index contributed by atoms with van der Waals surface area (Å²) < 4.78 is 16.9. The number of carbonyl (C=O) groups excluding carboxylic acids is 1. The van der Waals surface area contributed by atoms with E-state index in [1.165, 1.54) is 5.56 Å². The van der Waals surface area contributed by atoms with Crippen LogP contribution in [0.15, 0.2) is 24.3 Å². The Bertz CT molecular complexity index is 611. The van der Waals surface area contributed by atoms with E-state index in [4.69, 9.17) is 14.2 Å². The summed E-state index contributed by atoms with van der Waals surface area (Å²) >= 11 is 0. The lowest BCUT2D eigenvalue weighted by Crippen LogP contribution is -2.64. The third-order valence-electron chi connectivity index (χ3n) is 5.58. The largest absolute Gasteiger partial charge is 0.497 e. The van der Waals surface area contributed by atoms with Crippen molar-refractivity contribution in [1.82, 2.24) is 9.80 Å². The SMILES string of the molecule is COc1ccc(CN2CC3(C[C@@H](CCOCC(=O)N(C)C)CCO3)C2)cc1. The number of rotatable bonds is 8. The minimum atomic E-state index is 0.0200. The van der Waals surface area contributed by atoms with Gasteiger partial charge in [-0.2, -0.15) is 0 Å². The first-order chi connectivity index (χ1) is 13.0. The van der Waals surface area contributed by atoms with Crippen molar-refractivity contribution in [1.29, 1.82) is 0 Å². The van der Waals surface area contributed by atoms with Crippen molar-refractivity contribution in [3.8, 4) is 5.75 Å². The van der Waals surface area contributed by atoms with Gasteiger partial charge in [0.1, 0.15) is 12.4 Å². The van der Waals surface area contributed by atoms with Crippen LogP contribution >= 0.6 is 0 Å². The van der Waals surface area contributed by atoms with Crippen LogP contribution in [0.1, 0.15) is 24.8 Å². The van der Waals surface area contributed by atoms with E-state index in [2.05, 4.69) is 17.0 Å². The molecule has 0 saturated carbocycles. The number of ether oxygens (including phenoxy) is 3. The molecule has 150 valence electrons. The topological polar surface area (TPSA) is 51.2 Å². The Morgan fingerprint density at radius 2 is 2.04 bits per heavy atom. The first-order valence-electron chi connectivity index (χ1n) is 9.77. The number of nitrogens with zero attached hydrogens (tertiary/aromatic N) is 2. The van der Waals surface area contributed by atoms with Crippen LogP contribution < -0.4 is 4.74 Å². The molecular formula is C21H32N2O4. The zero-order valence-corrected chi connectivity index (χ0v) is 16.8. The second-order valence-electron chi connectivity index (χ2n) is 8.01. The number of methoxy groups -OCH3 is 1. The first kappa shape index (κ1) is 20.1. The normalized spacial score (nSPS) is 21.7. The van der Waals surface area contributed by atoms with Crippen LogP contribution in [0.25, 0.3) is 0 Å². The van der Waals surface area contributed by atoms with Crippen molar-refractivity contribution in [3.05, 3.63) is 29.8 Å². The lowest BCUT2D eigenvalue weighted by molar-refractivity contribution is -0.182. The first-order valence-corrected chi connectivity index (χ1v) is 9.77. The molecule has 1 amide bonds. The van der Waals surface area contributed by atoms with E-state index in [1.54, 1.807) is 26.1 Å². The Hall–Kier alpha value is -1.63. The fourth-order valence-corrected chi connectivity index (χ4v) is 4.00. The maximum absolute atomic E-state index is 11.5. The van der Waals surface area contributed by atoms with Crippen LogP contribution in [-0.2, 0) is 20.8 Å². The zero-order valence-electron chi connectivity index (χ0n) is 16.8. The molecule has 2 fully saturated rings. The second-order valence-corrected chi connectivity index (χ2v) is 8.01. The van der Waals surface area contributed by atoms with Crippen LogP contribution in [0.2, 0.25) is 0 Å². The van der Waals surface area contributed by atoms with Gasteiger partial charge in [-0.1, -0.05) is 12.1 Å². The predicted molar refractivity (Wildman–Crippen MR) is 104 cm³/mol. The molecule has 0 bridgehead atoms. The fourth-order valence-electron chi connectivity index (χ4n) is 4.00. The van der Waals surface area contributed by atoms with Crippen LogP contribution in [0.3, 0.4) is 0 Å². The van der Waals surface area contributed by atoms with Crippen LogP contribution in [0, 0.1) is 5.92 Å². The Labute approximate surface area is 162 Å². The van der Waals surface area contributed by atoms with Gasteiger partial charge in [0.2, 0.25) is 5.91 Å². The molecule has 0 aromatic heterocycles. The highest BCUT2D eigenvalue weighted by atomic mass is 16.5. The van der Waals surface area contributed by atoms with Gasteiger partial charge in [0, 0.05) is 46.9 Å². The molecule has 1 spiro atoms. The van der Waals surface area contributed by atoms with E-state index in [-0.39, 0.29) is 18.1 Å². The van der Waals surface area contributed by atoms with Gasteiger partial charge in [-0.15, -0.1) is 0 Å². The highest BCUT2D eigenvalue weighted by Crippen LogP contribution is 2.38. The quantitative estimate of drug-likeness (QED) is 0.651. The summed E-state index contributed by atoms with van der Waals surface area (Å²) in [6, 6.07) is 8.28. The van der Waals surface area contributed by atoms with Gasteiger partial charge in [-0.3, -0.25) is 9.69 Å². The van der Waals surface area contributed by atoms with E-state index in [1.807, 2.05) is 12.1 Å². The van der Waals surface area contributed by atoms with Crippen molar-refractivity contribution in [2.75, 3.05) is 54.1 Å². The number of hydrogen-bond donors (Lipinski definition) is 0. The molecule has 0 unspecified atom stereocenters. The Morgan fingerprint density at radius 3 is 2.70 bits per heavy atom. The molecule has 2 saturated heterocycles. The smallest absolute Gasteiger partial charge is 0.248 e. The van der Waals surface area contributed by atoms with Gasteiger partial charge in [0.25, 0.3) is 0 Å². The van der Waals surface area contributed by atoms with Gasteiger partial charge in [-0.25, -0.2) is 0 Å². The van der Waals surface area contributed by atoms with Crippen molar-refractivity contribution < 1.29 is 19.0 Å². The molecular weight excluding hydrogens is 344 g/mol. The third kappa shape index (κ3) is 5.43. The van der Waals surface area contributed by atoms with E-state index < -0.39 is 0 Å². The molecule has 1 atom stereocenters. The summed E-state index contributed by atoms with van der Waals surface area (Å²) in [5, 5.41) is 0. The molecule has 6 heteroatoms. The average molecular weight is 376 g/mol. The maximum Gasteiger partial charge on any atom is 0.248 e. The average Bonchev–Trinajstić information content (AvgIpc) is 2.64. The highest BCUT2D eigenvalue weighted by Gasteiger charge is 2.47. The Balaban J connectivity index is 1.38. The molecule has 0 aliphatic carbocycles. The number of amides is 1. The van der Waals surface area contributed by atoms with Gasteiger partial charge in [0.15, 0.2) is 0 Å². The minimum Gasteiger partial charge on any atom is -0.497 e. The monoisotopic (exact) mass is 376 g/mol. The van der Waals surface area contributed by atoms with Gasteiger partial charge in [0.05, 0.1) is 12.7 Å². The summed E-state index contributed by atoms with van der Waals surface area (Å²) in [6.45, 7) is 4.60. The van der Waals surface area contributed by atoms with Crippen LogP contribution in [0.5, 0.6) is 5.75 Å². The number of likely N-dealkylation sites (N-methyl/N-ethyl adjacent to an activating group) is 1. The van der Waals surface area contributed by atoms with E-state index in [0.717, 1.165) is 51.3 Å². The second kappa shape index (κ2) is 9.04. The van der Waals surface area contributed by atoms with E-state index in [9.17, 15) is 4.79 Å². The van der Waals surface area contributed by atoms with Gasteiger partial charge >= 0.3 is 0 Å². The van der Waals surface area contributed by atoms with Crippen LogP contribution in [0.4, 0.5) is 0 Å². The summed E-state index contributed by atoms with van der Waals surface area (Å²) in [5.74, 6) is 1.54. The number of likely N-dealkylation sites (tertiary alicyclic amines) is 1. The number of benzene rings is 1. The Kier molecular flexibility index (Phi) is 6.73. The number of carbonyl (C=O) groups is 1. The van der Waals surface area contributed by atoms with Crippen molar-refractivity contribution >= 4 is 5.91 Å². The molecule has 2 aliphatic rings. The van der Waals surface area contributed by atoms with Gasteiger partial charge < -0.3 is 19.1 Å². The standard InChI is InChI=1S/C21H32N2O4/c1-22(2)20(24)14-26-10-8-17-9-11-27-21(12-17)15-23(16-21)13-18-4-6-19(25-3)7-5-18/h4-7,17H,8-16H2,1-3H3/t17-/m0/s1. The summed E-state index contributed by atoms with van der Waals surface area (Å²) in [6.07, 6.45) is 3.19. The lowest BCUT2D eigenvalue weighted by Gasteiger charge is -2.53. The highest BCUT2D eigenvalue weighted by molar-refractivity contribution is 5.76. The molecule has 3 rings (SSSR count). The molecule has 1 aromatic carbocycles. The van der Waals surface area contributed by atoms with E-state index >= 15 is 0 Å². The maximum atomic E-state index is 11.5. The van der Waals surface area contributed by atoms with Crippen LogP contribution in [-0.4, -0.2) is 75.4 Å². The summed E-state index contributed by atoms with van der Waals surface area (Å²) in [5.41, 5.74) is 1.33. The summed E-state index contributed by atoms with van der Waals surface area (Å²) in [7, 11) is 5.20. The predicted octanol–water partition coefficient (Wildman–Crippen LogP) is 2.17. The minimum absolute atomic E-state index is 0.0200. The zero-order chi connectivity index (χ0) is 19.3. The van der Waals surface area contributed by atoms with E-state index in [0.29, 0.717) is 12.5 Å². The van der Waals surface area contributed by atoms with Crippen molar-refractivity contribution in [2.45, 2.75) is 31.4 Å². The van der Waals surface area contributed by atoms with Crippen molar-refractivity contribution in [3.63, 3.8) is 0 Å². The molecule has 2 aliphatic heterocycles. The molecule has 0 N–H and O–H groups in total. The Morgan fingerprint density at radius 1 is 1.30 bits per heavy atom. The molecule has 0 radical (unpaired) electrons. The lowest BCUT2D eigenvalue weighted by atomic mass is 9.79. The molecule has 2 heterocycles. The summed E-state index contributed by atoms with van der Waals surface area (Å²) in [4.78, 5) is 15.5. The van der Waals surface area contributed by atoms with Crippen molar-refractivity contribution in [2.24, 2.45) is 5.92 Å². The van der Waals surface area contributed by atoms with Gasteiger partial charge in [-0.05, 0) is 42.9 Å². The third-order valence-corrected chi connectivity index (χ3v) is 5.58. The molecule has 27 heavy (non-hydrogen) atoms. The number of hydrogen-bond acceptors (Lipinski definition) is 5.